The molecule has 1 saturated heterocycles. The van der Waals surface area contributed by atoms with Gasteiger partial charge >= 0.3 is 36.0 Å². The third-order valence-corrected chi connectivity index (χ3v) is 14.9. The van der Waals surface area contributed by atoms with E-state index in [0.717, 1.165) is 31.4 Å². The van der Waals surface area contributed by atoms with E-state index in [-0.39, 0.29) is 74.4 Å². The minimum absolute atomic E-state index is 0.00157. The Morgan fingerprint density at radius 1 is 0.500 bits per heavy atom. The number of nitrogen functional groups attached to an aromatic ring is 1. The van der Waals surface area contributed by atoms with Crippen LogP contribution < -0.4 is 11.1 Å². The average molecular weight is 1240 g/mol. The lowest BCUT2D eigenvalue weighted by molar-refractivity contribution is -0.176. The van der Waals surface area contributed by atoms with Crippen molar-refractivity contribution in [3.05, 3.63) is 95.6 Å². The van der Waals surface area contributed by atoms with Crippen molar-refractivity contribution in [3.8, 4) is 0 Å². The second-order valence-electron chi connectivity index (χ2n) is 24.3. The molecular formula is C62H85F3N10O13. The highest BCUT2D eigenvalue weighted by molar-refractivity contribution is 5.95. The lowest BCUT2D eigenvalue weighted by atomic mass is 9.99. The van der Waals surface area contributed by atoms with Crippen LogP contribution in [-0.4, -0.2) is 176 Å². The van der Waals surface area contributed by atoms with Crippen LogP contribution in [0.15, 0.2) is 73.3 Å². The molecule has 0 bridgehead atoms. The zero-order chi connectivity index (χ0) is 65.6. The minimum Gasteiger partial charge on any atom is -0.451 e. The molecule has 0 saturated carbocycles. The van der Waals surface area contributed by atoms with Crippen LogP contribution >= 0.6 is 0 Å². The Morgan fingerprint density at radius 2 is 0.807 bits per heavy atom. The van der Waals surface area contributed by atoms with Gasteiger partial charge < -0.3 is 49.6 Å². The Hall–Kier alpha value is -8.32. The molecule has 8 atom stereocenters. The van der Waals surface area contributed by atoms with Crippen molar-refractivity contribution < 1.29 is 75.3 Å². The molecule has 88 heavy (non-hydrogen) atoms. The monoisotopic (exact) mass is 1230 g/mol. The zero-order valence-electron chi connectivity index (χ0n) is 52.6. The van der Waals surface area contributed by atoms with Crippen molar-refractivity contribution in [1.29, 1.82) is 0 Å². The quantitative estimate of drug-likeness (QED) is 0.0875. The largest absolute Gasteiger partial charge is 0.471 e. The molecule has 2 aromatic heterocycles. The predicted octanol–water partition coefficient (Wildman–Crippen LogP) is 6.24. The minimum atomic E-state index is -5.12. The van der Waals surface area contributed by atoms with Crippen molar-refractivity contribution in [2.24, 2.45) is 23.7 Å². The normalized spacial score (nSPS) is 22.3. The van der Waals surface area contributed by atoms with Crippen LogP contribution in [0.4, 0.5) is 24.5 Å². The SMILES string of the molecule is CC(C)C[C@H]1C(=O)O[C@H](Cc2ccc(Cn3cc(NC(=O)C(F)(F)F)cn3)cc2)C(=O)N(C)[C@@H](CC(C)C)C(=O)O[C@H](C)C(=O)N(C)[C@@H](CC(C)C)C(=O)O[C@H](Cc2ccc(Cn3cc(N)cn3)cc2)C(=O)N(C)[C@@H](CC(C)C)C(=O)O[C@H](C)C(=O)N1C. The molecule has 0 unspecified atom stereocenters. The first-order valence-electron chi connectivity index (χ1n) is 29.4. The molecule has 4 aromatic rings. The number of esters is 4. The van der Waals surface area contributed by atoms with E-state index in [4.69, 9.17) is 24.7 Å². The number of nitrogens with zero attached hydrogens (tertiary/aromatic N) is 8. The van der Waals surface area contributed by atoms with E-state index in [9.17, 15) is 46.7 Å². The molecule has 1 aliphatic rings. The number of likely N-dealkylation sites (N-methyl/N-ethyl adjacent to an activating group) is 4. The highest BCUT2D eigenvalue weighted by atomic mass is 19.4. The fraction of sp³-hybridized carbons (Fsp3) is 0.565. The number of alkyl halides is 3. The second kappa shape index (κ2) is 31.0. The topological polar surface area (TPSA) is 277 Å². The number of hydrogen-bond donors (Lipinski definition) is 2. The van der Waals surface area contributed by atoms with E-state index in [1.165, 1.54) is 59.1 Å². The number of halogens is 3. The van der Waals surface area contributed by atoms with Gasteiger partial charge in [0.1, 0.15) is 24.2 Å². The number of amides is 5. The van der Waals surface area contributed by atoms with Gasteiger partial charge in [-0.25, -0.2) is 19.2 Å². The van der Waals surface area contributed by atoms with Crippen molar-refractivity contribution >= 4 is 64.8 Å². The van der Waals surface area contributed by atoms with Crippen LogP contribution in [0.5, 0.6) is 0 Å². The molecule has 2 aromatic carbocycles. The summed E-state index contributed by atoms with van der Waals surface area (Å²) >= 11 is 0. The van der Waals surface area contributed by atoms with Crippen LogP contribution in [0.3, 0.4) is 0 Å². The van der Waals surface area contributed by atoms with Crippen LogP contribution in [0.25, 0.3) is 0 Å². The van der Waals surface area contributed by atoms with Gasteiger partial charge in [0, 0.05) is 53.4 Å². The molecule has 3 N–H and O–H groups in total. The van der Waals surface area contributed by atoms with Crippen molar-refractivity contribution in [2.45, 2.75) is 176 Å². The molecule has 5 rings (SSSR count). The number of ether oxygens (including phenoxy) is 4. The molecule has 1 fully saturated rings. The Labute approximate surface area is 511 Å². The maximum absolute atomic E-state index is 15.0. The molecule has 0 spiro atoms. The van der Waals surface area contributed by atoms with Gasteiger partial charge in [-0.15, -0.1) is 0 Å². The van der Waals surface area contributed by atoms with E-state index in [0.29, 0.717) is 28.9 Å². The summed E-state index contributed by atoms with van der Waals surface area (Å²) in [6, 6.07) is 8.16. The van der Waals surface area contributed by atoms with Crippen LogP contribution in [0.2, 0.25) is 0 Å². The fourth-order valence-electron chi connectivity index (χ4n) is 10.0. The summed E-state index contributed by atoms with van der Waals surface area (Å²) in [7, 11) is 5.33. The van der Waals surface area contributed by atoms with Crippen molar-refractivity contribution in [1.82, 2.24) is 39.2 Å². The first-order valence-corrected chi connectivity index (χ1v) is 29.4. The molecule has 3 heterocycles. The molecule has 1 aliphatic heterocycles. The number of aromatic nitrogens is 4. The van der Waals surface area contributed by atoms with Crippen molar-refractivity contribution in [2.75, 3.05) is 39.2 Å². The van der Waals surface area contributed by atoms with Gasteiger partial charge in [-0.1, -0.05) is 104 Å². The summed E-state index contributed by atoms with van der Waals surface area (Å²) in [5, 5.41) is 10.0. The highest BCUT2D eigenvalue weighted by Gasteiger charge is 2.43. The van der Waals surface area contributed by atoms with Gasteiger partial charge in [0.25, 0.3) is 23.6 Å². The molecule has 5 amide bonds. The maximum Gasteiger partial charge on any atom is 0.471 e. The van der Waals surface area contributed by atoms with Gasteiger partial charge in [-0.05, 0) is 85.5 Å². The molecule has 0 aliphatic carbocycles. The summed E-state index contributed by atoms with van der Waals surface area (Å²) in [6.45, 7) is 17.5. The number of cyclic esters (lactones) is 4. The fourth-order valence-corrected chi connectivity index (χ4v) is 10.0. The van der Waals surface area contributed by atoms with Crippen LogP contribution in [0, 0.1) is 23.7 Å². The van der Waals surface area contributed by atoms with E-state index in [1.807, 2.05) is 39.8 Å². The number of nitrogens with one attached hydrogen (secondary N) is 1. The molecule has 26 heteroatoms. The predicted molar refractivity (Wildman–Crippen MR) is 317 cm³/mol. The number of nitrogens with two attached hydrogens (primary N) is 1. The highest BCUT2D eigenvalue weighted by Crippen LogP contribution is 2.26. The number of carbonyl (C=O) groups is 9. The summed E-state index contributed by atoms with van der Waals surface area (Å²) < 4.78 is 65.7. The first kappa shape index (κ1) is 70.4. The Morgan fingerprint density at radius 3 is 1.12 bits per heavy atom. The lowest BCUT2D eigenvalue weighted by Crippen LogP contribution is -2.55. The first-order chi connectivity index (χ1) is 41.1. The van der Waals surface area contributed by atoms with E-state index >= 15 is 9.59 Å². The van der Waals surface area contributed by atoms with Gasteiger partial charge in [0.15, 0.2) is 24.4 Å². The Kier molecular flexibility index (Phi) is 24.8. The van der Waals surface area contributed by atoms with Crippen LogP contribution in [-0.2, 0) is 88.0 Å². The molecule has 23 nitrogen and oxygen atoms in total. The van der Waals surface area contributed by atoms with Crippen molar-refractivity contribution in [3.63, 3.8) is 0 Å². The van der Waals surface area contributed by atoms with E-state index in [1.54, 1.807) is 80.3 Å². The standard InChI is InChI=1S/C62H85F3N10O13/c1-35(2)23-47-57(80)85-40(10)54(77)71(12)50(26-38(7)8)60(83)88-52(28-42-17-21-44(22-18-42)32-75-34-46(30-68-75)69-61(84)62(63,64)65)56(79)73(14)48(24-36(3)4)58(81)86-39(9)53(76)70(11)49(25-37(5)6)59(82)87-51(55(78)72(47)13)27-41-15-19-43(20-16-41)31-74-33-45(66)29-67-74/h15-22,29-30,33-40,47-52H,23-28,31-32,66H2,1-14H3,(H,69,84)/t39-,40-,47+,48+,49+,50+,51-,52-/m1/s1. The molecule has 0 radical (unpaired) electrons. The molecule has 482 valence electrons. The van der Waals surface area contributed by atoms with E-state index in [2.05, 4.69) is 10.2 Å². The lowest BCUT2D eigenvalue weighted by Gasteiger charge is -2.35. The van der Waals surface area contributed by atoms with E-state index < -0.39 is 108 Å². The van der Waals surface area contributed by atoms with Gasteiger partial charge in [-0.2, -0.15) is 23.4 Å². The number of anilines is 2. The maximum atomic E-state index is 15.0. The Balaban J connectivity index is 1.56. The number of hydrogen-bond acceptors (Lipinski definition) is 16. The summed E-state index contributed by atoms with van der Waals surface area (Å²) in [5.74, 6) is -10.4. The van der Waals surface area contributed by atoms with Gasteiger partial charge in [-0.3, -0.25) is 33.3 Å². The number of rotatable bonds is 17. The average Bonchev–Trinajstić information content (AvgIpc) is 4.22. The third-order valence-electron chi connectivity index (χ3n) is 14.9. The third kappa shape index (κ3) is 19.9. The summed E-state index contributed by atoms with van der Waals surface area (Å²) in [6.07, 6.45) is -6.46. The number of carbonyl (C=O) groups excluding carboxylic acids is 9. The smallest absolute Gasteiger partial charge is 0.451 e. The second-order valence-corrected chi connectivity index (χ2v) is 24.3. The number of benzene rings is 2. The zero-order valence-corrected chi connectivity index (χ0v) is 52.6. The summed E-state index contributed by atoms with van der Waals surface area (Å²) in [4.78, 5) is 133. The van der Waals surface area contributed by atoms with Crippen LogP contribution in [0.1, 0.15) is 117 Å². The summed E-state index contributed by atoms with van der Waals surface area (Å²) in [5.41, 5.74) is 8.59. The van der Waals surface area contributed by atoms with Gasteiger partial charge in [0.2, 0.25) is 0 Å². The molecular weight excluding hydrogens is 1150 g/mol. The van der Waals surface area contributed by atoms with Gasteiger partial charge in [0.05, 0.1) is 36.9 Å². The Bertz CT molecular complexity index is 3060.